The Kier molecular flexibility index (Phi) is 3.24. The van der Waals surface area contributed by atoms with E-state index in [4.69, 9.17) is 0 Å². The zero-order valence-electron chi connectivity index (χ0n) is 8.70. The predicted octanol–water partition coefficient (Wildman–Crippen LogP) is 3.15. The van der Waals surface area contributed by atoms with E-state index >= 15 is 0 Å². The minimum Gasteiger partial charge on any atom is -0.392 e. The van der Waals surface area contributed by atoms with E-state index in [-0.39, 0.29) is 6.10 Å². The number of hydrogen-bond donors (Lipinski definition) is 1. The summed E-state index contributed by atoms with van der Waals surface area (Å²) in [5.74, 6) is 0.565. The summed E-state index contributed by atoms with van der Waals surface area (Å²) in [6.07, 6.45) is 5.82. The maximum Gasteiger partial charge on any atom is 0.0609 e. The van der Waals surface area contributed by atoms with Gasteiger partial charge in [-0.15, -0.1) is 11.3 Å². The Balaban J connectivity index is 1.90. The summed E-state index contributed by atoms with van der Waals surface area (Å²) < 4.78 is 0. The van der Waals surface area contributed by atoms with Crippen LogP contribution in [-0.4, -0.2) is 11.2 Å². The first-order valence-corrected chi connectivity index (χ1v) is 6.36. The van der Waals surface area contributed by atoms with Gasteiger partial charge in [0.2, 0.25) is 0 Å². The van der Waals surface area contributed by atoms with E-state index in [1.807, 2.05) is 0 Å². The van der Waals surface area contributed by atoms with Crippen molar-refractivity contribution in [2.75, 3.05) is 0 Å². The summed E-state index contributed by atoms with van der Waals surface area (Å²) in [6.45, 7) is 2.12. The molecule has 0 aliphatic heterocycles. The van der Waals surface area contributed by atoms with Gasteiger partial charge in [-0.2, -0.15) is 0 Å². The van der Waals surface area contributed by atoms with Crippen molar-refractivity contribution in [3.63, 3.8) is 0 Å². The summed E-state index contributed by atoms with van der Waals surface area (Å²) in [4.78, 5) is 1.35. The molecule has 1 atom stereocenters. The maximum absolute atomic E-state index is 10.0. The second-order valence-electron chi connectivity index (χ2n) is 4.38. The van der Waals surface area contributed by atoms with Crippen LogP contribution in [-0.2, 0) is 6.42 Å². The Morgan fingerprint density at radius 3 is 2.79 bits per heavy atom. The first-order chi connectivity index (χ1) is 6.75. The van der Waals surface area contributed by atoms with Gasteiger partial charge in [0.05, 0.1) is 6.10 Å². The van der Waals surface area contributed by atoms with Crippen molar-refractivity contribution in [1.82, 2.24) is 0 Å². The lowest BCUT2D eigenvalue weighted by Gasteiger charge is -2.16. The van der Waals surface area contributed by atoms with Crippen LogP contribution >= 0.6 is 11.3 Å². The Bertz CT molecular complexity index is 286. The molecule has 1 nitrogen and oxygen atoms in total. The van der Waals surface area contributed by atoms with E-state index in [2.05, 4.69) is 18.4 Å². The van der Waals surface area contributed by atoms with Crippen LogP contribution in [0.5, 0.6) is 0 Å². The monoisotopic (exact) mass is 210 g/mol. The van der Waals surface area contributed by atoms with Crippen LogP contribution in [0, 0.1) is 12.8 Å². The highest BCUT2D eigenvalue weighted by Gasteiger charge is 2.23. The van der Waals surface area contributed by atoms with Gasteiger partial charge in [-0.05, 0) is 49.1 Å². The Morgan fingerprint density at radius 2 is 2.21 bits per heavy atom. The van der Waals surface area contributed by atoms with E-state index in [1.165, 1.54) is 36.1 Å². The number of aliphatic hydroxyl groups is 1. The van der Waals surface area contributed by atoms with Crippen molar-refractivity contribution in [1.29, 1.82) is 0 Å². The minimum absolute atomic E-state index is 0.105. The van der Waals surface area contributed by atoms with Gasteiger partial charge in [0.1, 0.15) is 0 Å². The molecule has 0 bridgehead atoms. The van der Waals surface area contributed by atoms with Gasteiger partial charge in [-0.3, -0.25) is 0 Å². The number of aryl methyl sites for hydroxylation is 1. The second kappa shape index (κ2) is 4.45. The molecule has 1 fully saturated rings. The van der Waals surface area contributed by atoms with Gasteiger partial charge >= 0.3 is 0 Å². The molecule has 14 heavy (non-hydrogen) atoms. The van der Waals surface area contributed by atoms with Crippen molar-refractivity contribution in [3.05, 3.63) is 21.9 Å². The molecule has 1 aromatic rings. The molecule has 0 saturated heterocycles. The van der Waals surface area contributed by atoms with Gasteiger partial charge in [0.25, 0.3) is 0 Å². The Morgan fingerprint density at radius 1 is 1.50 bits per heavy atom. The van der Waals surface area contributed by atoms with Gasteiger partial charge in [0, 0.05) is 4.88 Å². The van der Waals surface area contributed by atoms with Gasteiger partial charge in [-0.1, -0.05) is 12.8 Å². The lowest BCUT2D eigenvalue weighted by atomic mass is 9.96. The van der Waals surface area contributed by atoms with Crippen molar-refractivity contribution in [2.24, 2.45) is 5.92 Å². The highest BCUT2D eigenvalue weighted by Crippen LogP contribution is 2.29. The molecule has 78 valence electrons. The van der Waals surface area contributed by atoms with E-state index in [9.17, 15) is 5.11 Å². The van der Waals surface area contributed by atoms with Crippen LogP contribution < -0.4 is 0 Å². The summed E-state index contributed by atoms with van der Waals surface area (Å²) in [6, 6.07) is 2.20. The molecule has 1 heterocycles. The molecule has 2 rings (SSSR count). The zero-order valence-corrected chi connectivity index (χ0v) is 9.52. The minimum atomic E-state index is -0.105. The third-order valence-electron chi connectivity index (χ3n) is 3.17. The highest BCUT2D eigenvalue weighted by molar-refractivity contribution is 7.10. The number of rotatable bonds is 3. The molecule has 1 aromatic heterocycles. The van der Waals surface area contributed by atoms with Crippen LogP contribution in [0.15, 0.2) is 11.4 Å². The van der Waals surface area contributed by atoms with Crippen LogP contribution in [0.2, 0.25) is 0 Å². The largest absolute Gasteiger partial charge is 0.392 e. The fourth-order valence-electron chi connectivity index (χ4n) is 2.36. The van der Waals surface area contributed by atoms with Crippen LogP contribution in [0.25, 0.3) is 0 Å². The Labute approximate surface area is 89.8 Å². The smallest absolute Gasteiger partial charge is 0.0609 e. The molecule has 1 aliphatic carbocycles. The summed E-state index contributed by atoms with van der Waals surface area (Å²) in [7, 11) is 0. The number of aliphatic hydroxyl groups excluding tert-OH is 1. The quantitative estimate of drug-likeness (QED) is 0.812. The third-order valence-corrected chi connectivity index (χ3v) is 4.08. The van der Waals surface area contributed by atoms with E-state index in [0.29, 0.717) is 5.92 Å². The molecule has 0 aromatic carbocycles. The number of thiophene rings is 1. The van der Waals surface area contributed by atoms with Crippen LogP contribution in [0.3, 0.4) is 0 Å². The van der Waals surface area contributed by atoms with E-state index < -0.39 is 0 Å². The highest BCUT2D eigenvalue weighted by atomic mass is 32.1. The average Bonchev–Trinajstić information content (AvgIpc) is 2.75. The van der Waals surface area contributed by atoms with Gasteiger partial charge in [0.15, 0.2) is 0 Å². The van der Waals surface area contributed by atoms with Crippen LogP contribution in [0.4, 0.5) is 0 Å². The normalized spacial score (nSPS) is 20.1. The average molecular weight is 210 g/mol. The molecule has 0 amide bonds. The summed E-state index contributed by atoms with van der Waals surface area (Å²) >= 11 is 1.78. The first-order valence-electron chi connectivity index (χ1n) is 5.48. The second-order valence-corrected chi connectivity index (χ2v) is 5.50. The number of hydrogen-bond acceptors (Lipinski definition) is 2. The molecule has 0 spiro atoms. The van der Waals surface area contributed by atoms with Gasteiger partial charge in [-0.25, -0.2) is 0 Å². The lowest BCUT2D eigenvalue weighted by Crippen LogP contribution is -2.19. The summed E-state index contributed by atoms with van der Waals surface area (Å²) in [5, 5.41) is 12.2. The molecule has 0 radical (unpaired) electrons. The molecule has 1 unspecified atom stereocenters. The predicted molar refractivity (Wildman–Crippen MR) is 60.7 cm³/mol. The molecule has 1 N–H and O–H groups in total. The topological polar surface area (TPSA) is 20.2 Å². The zero-order chi connectivity index (χ0) is 9.97. The standard InChI is InChI=1S/C12H18OS/c1-9-6-10(8-14-9)7-12(13)11-4-2-3-5-11/h6,8,11-13H,2-5,7H2,1H3. The van der Waals surface area contributed by atoms with E-state index in [1.54, 1.807) is 11.3 Å². The lowest BCUT2D eigenvalue weighted by molar-refractivity contribution is 0.111. The first kappa shape index (κ1) is 10.2. The fourth-order valence-corrected chi connectivity index (χ4v) is 3.08. The molecular formula is C12H18OS. The molecule has 1 aliphatic rings. The third kappa shape index (κ3) is 2.37. The van der Waals surface area contributed by atoms with Crippen molar-refractivity contribution in [3.8, 4) is 0 Å². The molecule has 2 heteroatoms. The molecule has 1 saturated carbocycles. The maximum atomic E-state index is 10.0. The van der Waals surface area contributed by atoms with Crippen molar-refractivity contribution < 1.29 is 5.11 Å². The van der Waals surface area contributed by atoms with Crippen LogP contribution in [0.1, 0.15) is 36.1 Å². The van der Waals surface area contributed by atoms with Crippen molar-refractivity contribution >= 4 is 11.3 Å². The Hall–Kier alpha value is -0.340. The van der Waals surface area contributed by atoms with Crippen molar-refractivity contribution in [2.45, 2.75) is 45.1 Å². The molecular weight excluding hydrogens is 192 g/mol. The fraction of sp³-hybridized carbons (Fsp3) is 0.667. The summed E-state index contributed by atoms with van der Waals surface area (Å²) in [5.41, 5.74) is 1.31. The van der Waals surface area contributed by atoms with Gasteiger partial charge < -0.3 is 5.11 Å². The SMILES string of the molecule is Cc1cc(CC(O)C2CCCC2)cs1. The van der Waals surface area contributed by atoms with E-state index in [0.717, 1.165) is 6.42 Å².